The number of nitrogens with zero attached hydrogens (tertiary/aromatic N) is 3. The van der Waals surface area contributed by atoms with Crippen LogP contribution in [0.1, 0.15) is 105 Å². The molecule has 0 atom stereocenters. The fraction of sp³-hybridized carbons (Fsp3) is 0.222. The van der Waals surface area contributed by atoms with Gasteiger partial charge < -0.3 is 19.1 Å². The van der Waals surface area contributed by atoms with E-state index in [1.807, 2.05) is 0 Å². The number of hydrogen-bond acceptors (Lipinski definition) is 4. The molecule has 0 N–H and O–H groups in total. The van der Waals surface area contributed by atoms with Gasteiger partial charge in [0.2, 0.25) is 0 Å². The Morgan fingerprint density at radius 3 is 1.35 bits per heavy atom. The largest absolute Gasteiger partial charge is 0.468 e. The minimum absolute atomic E-state index is 0.00167. The molecule has 2 aliphatic heterocycles. The smallest absolute Gasteiger partial charge is 0.297 e. The minimum atomic E-state index is -0.214. The van der Waals surface area contributed by atoms with Gasteiger partial charge in [-0.25, -0.2) is 0 Å². The first kappa shape index (κ1) is 49.8. The van der Waals surface area contributed by atoms with E-state index < -0.39 is 0 Å². The molecule has 0 saturated carbocycles. The van der Waals surface area contributed by atoms with Gasteiger partial charge in [0.05, 0.1) is 11.3 Å². The van der Waals surface area contributed by atoms with Gasteiger partial charge >= 0.3 is 0 Å². The van der Waals surface area contributed by atoms with E-state index in [0.29, 0.717) is 0 Å². The number of furan rings is 1. The van der Waals surface area contributed by atoms with Gasteiger partial charge in [-0.1, -0.05) is 204 Å². The standard InChI is InChI=1S/C72H70BN3O/c1-69(2,3)49-26-34-53(35-27-49)74(54-36-28-50(29-37-54)70(4,5)6)57-42-44-61-64(46-57)75(55-38-30-51(31-39-55)71(7,8)9)62-23-18-24-63-66(62)73(61)68-67(76(63)56-40-32-52(33-41-56)72(10,11)12)60-43-25-48(45-65(60)77-68)59-22-17-16-21-58(59)47-19-14-13-15-20-47/h13-46H,1-12H3. The van der Waals surface area contributed by atoms with Crippen molar-refractivity contribution < 1.29 is 4.42 Å². The van der Waals surface area contributed by atoms with Crippen LogP contribution in [-0.2, 0) is 21.7 Å². The van der Waals surface area contributed by atoms with Crippen LogP contribution in [0.25, 0.3) is 33.2 Å². The summed E-state index contributed by atoms with van der Waals surface area (Å²) < 4.78 is 7.55. The first-order valence-electron chi connectivity index (χ1n) is 27.5. The van der Waals surface area contributed by atoms with Crippen molar-refractivity contribution in [1.82, 2.24) is 0 Å². The van der Waals surface area contributed by atoms with Crippen LogP contribution < -0.4 is 31.3 Å². The van der Waals surface area contributed by atoms with Crippen LogP contribution in [0.5, 0.6) is 0 Å². The molecule has 3 heterocycles. The molecule has 0 bridgehead atoms. The van der Waals surface area contributed by atoms with Crippen LogP contribution in [0.15, 0.2) is 211 Å². The van der Waals surface area contributed by atoms with Crippen LogP contribution in [-0.4, -0.2) is 6.71 Å². The van der Waals surface area contributed by atoms with Gasteiger partial charge in [-0.3, -0.25) is 0 Å². The van der Waals surface area contributed by atoms with E-state index in [4.69, 9.17) is 4.42 Å². The van der Waals surface area contributed by atoms with Crippen LogP contribution in [0, 0.1) is 0 Å². The first-order chi connectivity index (χ1) is 36.7. The summed E-state index contributed by atoms with van der Waals surface area (Å²) >= 11 is 0. The van der Waals surface area contributed by atoms with Gasteiger partial charge in [0.1, 0.15) is 5.58 Å². The summed E-state index contributed by atoms with van der Waals surface area (Å²) in [6.07, 6.45) is 0. The zero-order valence-corrected chi connectivity index (χ0v) is 47.0. The number of rotatable bonds is 7. The Bertz CT molecular complexity index is 3770. The highest BCUT2D eigenvalue weighted by Crippen LogP contribution is 2.49. The summed E-state index contributed by atoms with van der Waals surface area (Å²) in [6, 6.07) is 77.1. The fourth-order valence-electron chi connectivity index (χ4n) is 11.7. The lowest BCUT2D eigenvalue weighted by atomic mass is 9.35. The lowest BCUT2D eigenvalue weighted by Crippen LogP contribution is -2.61. The first-order valence-corrected chi connectivity index (χ1v) is 27.5. The molecule has 0 unspecified atom stereocenters. The van der Waals surface area contributed by atoms with Crippen LogP contribution in [0.2, 0.25) is 0 Å². The van der Waals surface area contributed by atoms with Crippen molar-refractivity contribution in [2.45, 2.75) is 105 Å². The molecular formula is C72H70BN3O. The molecule has 382 valence electrons. The molecular weight excluding hydrogens is 934 g/mol. The Kier molecular flexibility index (Phi) is 11.9. The molecule has 0 saturated heterocycles. The second-order valence-corrected chi connectivity index (χ2v) is 25.5. The monoisotopic (exact) mass is 1000 g/mol. The second-order valence-electron chi connectivity index (χ2n) is 25.5. The quantitative estimate of drug-likeness (QED) is 0.148. The SMILES string of the molecule is CC(C)(C)c1ccc(N(c2ccc(C(C)(C)C)cc2)c2ccc3c(c2)N(c2ccc(C(C)(C)C)cc2)c2cccc4c2B3c2oc3cc(-c5ccccc5-c5ccccc5)ccc3c2N4c2ccc(C(C)(C)C)cc2)cc1. The van der Waals surface area contributed by atoms with Crippen molar-refractivity contribution in [3.05, 3.63) is 229 Å². The third kappa shape index (κ3) is 8.84. The fourth-order valence-corrected chi connectivity index (χ4v) is 11.7. The zero-order chi connectivity index (χ0) is 53.8. The zero-order valence-electron chi connectivity index (χ0n) is 47.0. The summed E-state index contributed by atoms with van der Waals surface area (Å²) in [4.78, 5) is 7.42. The predicted molar refractivity (Wildman–Crippen MR) is 331 cm³/mol. The third-order valence-corrected chi connectivity index (χ3v) is 16.1. The molecule has 0 spiro atoms. The molecule has 0 fully saturated rings. The lowest BCUT2D eigenvalue weighted by Gasteiger charge is -2.43. The van der Waals surface area contributed by atoms with E-state index in [9.17, 15) is 0 Å². The molecule has 1 aromatic heterocycles. The maximum atomic E-state index is 7.55. The lowest BCUT2D eigenvalue weighted by molar-refractivity contribution is 0.590. The van der Waals surface area contributed by atoms with Crippen LogP contribution in [0.4, 0.5) is 51.2 Å². The summed E-state index contributed by atoms with van der Waals surface area (Å²) in [5.41, 5.74) is 24.1. The van der Waals surface area contributed by atoms with Gasteiger partial charge in [0.15, 0.2) is 0 Å². The van der Waals surface area contributed by atoms with Crippen molar-refractivity contribution in [3.63, 3.8) is 0 Å². The molecule has 77 heavy (non-hydrogen) atoms. The third-order valence-electron chi connectivity index (χ3n) is 16.1. The van der Waals surface area contributed by atoms with E-state index in [2.05, 4.69) is 304 Å². The maximum absolute atomic E-state index is 7.55. The summed E-state index contributed by atoms with van der Waals surface area (Å²) in [5.74, 6) is 0. The van der Waals surface area contributed by atoms with Crippen molar-refractivity contribution >= 4 is 85.5 Å². The molecule has 10 aromatic rings. The van der Waals surface area contributed by atoms with E-state index in [-0.39, 0.29) is 28.4 Å². The molecule has 5 heteroatoms. The van der Waals surface area contributed by atoms with Crippen molar-refractivity contribution in [2.24, 2.45) is 0 Å². The number of benzene rings is 9. The highest BCUT2D eigenvalue weighted by atomic mass is 16.3. The van der Waals surface area contributed by atoms with Crippen molar-refractivity contribution in [2.75, 3.05) is 14.7 Å². The molecule has 4 nitrogen and oxygen atoms in total. The van der Waals surface area contributed by atoms with Gasteiger partial charge in [-0.05, 0) is 162 Å². The average molecular weight is 1000 g/mol. The minimum Gasteiger partial charge on any atom is -0.468 e. The normalized spacial score (nSPS) is 13.4. The topological polar surface area (TPSA) is 22.9 Å². The molecule has 9 aromatic carbocycles. The van der Waals surface area contributed by atoms with Gasteiger partial charge in [0, 0.05) is 50.9 Å². The Labute approximate surface area is 457 Å². The molecule has 0 aliphatic carbocycles. The molecule has 0 amide bonds. The van der Waals surface area contributed by atoms with E-state index >= 15 is 0 Å². The van der Waals surface area contributed by atoms with E-state index in [1.165, 1.54) is 49.9 Å². The van der Waals surface area contributed by atoms with Crippen LogP contribution in [0.3, 0.4) is 0 Å². The van der Waals surface area contributed by atoms with E-state index in [1.54, 1.807) is 0 Å². The van der Waals surface area contributed by atoms with Crippen LogP contribution >= 0.6 is 0 Å². The number of anilines is 9. The van der Waals surface area contributed by atoms with Gasteiger partial charge in [-0.2, -0.15) is 0 Å². The predicted octanol–water partition coefficient (Wildman–Crippen LogP) is 18.5. The summed E-state index contributed by atoms with van der Waals surface area (Å²) in [7, 11) is 0. The second kappa shape index (κ2) is 18.3. The van der Waals surface area contributed by atoms with Gasteiger partial charge in [-0.15, -0.1) is 0 Å². The van der Waals surface area contributed by atoms with Crippen molar-refractivity contribution in [1.29, 1.82) is 0 Å². The Hall–Kier alpha value is -8.02. The highest BCUT2D eigenvalue weighted by Gasteiger charge is 2.47. The number of hydrogen-bond donors (Lipinski definition) is 0. The maximum Gasteiger partial charge on any atom is 0.297 e. The summed E-state index contributed by atoms with van der Waals surface area (Å²) in [5, 5.41) is 1.08. The summed E-state index contributed by atoms with van der Waals surface area (Å²) in [6.45, 7) is 27.2. The molecule has 0 radical (unpaired) electrons. The molecule has 2 aliphatic rings. The van der Waals surface area contributed by atoms with E-state index in [0.717, 1.165) is 73.4 Å². The Morgan fingerprint density at radius 1 is 0.377 bits per heavy atom. The average Bonchev–Trinajstić information content (AvgIpc) is 4.07. The Balaban J connectivity index is 1.11. The highest BCUT2D eigenvalue weighted by molar-refractivity contribution is 7.00. The number of fused-ring (bicyclic) bond motifs is 6. The van der Waals surface area contributed by atoms with Gasteiger partial charge in [0.25, 0.3) is 6.71 Å². The molecule has 12 rings (SSSR count). The van der Waals surface area contributed by atoms with Crippen molar-refractivity contribution in [3.8, 4) is 22.3 Å². The Morgan fingerprint density at radius 2 is 0.831 bits per heavy atom.